The Morgan fingerprint density at radius 3 is 2.88 bits per heavy atom. The average Bonchev–Trinajstić information content (AvgIpc) is 3.01. The lowest BCUT2D eigenvalue weighted by Gasteiger charge is -2.34. The van der Waals surface area contributed by atoms with Gasteiger partial charge < -0.3 is 5.32 Å². The minimum atomic E-state index is -0.397. The molecule has 0 fully saturated rings. The number of rotatable bonds is 1. The molecule has 6 heteroatoms. The third kappa shape index (κ3) is 2.18. The Bertz CT molecular complexity index is 1100. The van der Waals surface area contributed by atoms with Gasteiger partial charge in [-0.15, -0.1) is 0 Å². The second-order valence-electron chi connectivity index (χ2n) is 6.63. The number of ketones is 1. The van der Waals surface area contributed by atoms with E-state index in [4.69, 9.17) is 4.98 Å². The van der Waals surface area contributed by atoms with Crippen LogP contribution in [0.2, 0.25) is 0 Å². The number of hydrogen-bond acceptors (Lipinski definition) is 3. The number of nitrogens with one attached hydrogen (secondary N) is 1. The number of anilines is 1. The fraction of sp³-hybridized carbons (Fsp3) is 0.200. The van der Waals surface area contributed by atoms with E-state index >= 15 is 0 Å². The summed E-state index contributed by atoms with van der Waals surface area (Å²) in [7, 11) is 0. The van der Waals surface area contributed by atoms with Gasteiger partial charge in [-0.2, -0.15) is 0 Å². The Morgan fingerprint density at radius 1 is 1.15 bits per heavy atom. The number of hydrogen-bond donors (Lipinski definition) is 1. The second kappa shape index (κ2) is 5.77. The van der Waals surface area contributed by atoms with Crippen LogP contribution in [-0.2, 0) is 4.79 Å². The quantitative estimate of drug-likeness (QED) is 0.615. The van der Waals surface area contributed by atoms with Gasteiger partial charge in [0, 0.05) is 17.7 Å². The van der Waals surface area contributed by atoms with E-state index in [0.717, 1.165) is 40.7 Å². The molecule has 130 valence electrons. The number of carbonyl (C=O) groups excluding carboxylic acids is 1. The number of benzene rings is 2. The molecule has 26 heavy (non-hydrogen) atoms. The third-order valence-corrected chi connectivity index (χ3v) is 5.96. The standard InChI is InChI=1S/C20H15BrFN3O/c21-18-11(5-3-6-12(18)22)19-17-14(8-4-10-16(17)26)24-20-23-13-7-1-2-9-15(13)25(19)20/h1-3,5-7,9,19H,4,8,10H2,(H,23,24). The Balaban J connectivity index is 1.85. The molecule has 1 aromatic heterocycles. The summed E-state index contributed by atoms with van der Waals surface area (Å²) in [6, 6.07) is 12.4. The molecule has 0 amide bonds. The molecule has 2 aromatic carbocycles. The van der Waals surface area contributed by atoms with Crippen LogP contribution in [0.15, 0.2) is 58.2 Å². The molecule has 0 radical (unpaired) electrons. The SMILES string of the molecule is O=C1CCCC2=C1C(c1cccc(F)c1Br)n1c(nc3ccccc31)N2. The molecular weight excluding hydrogens is 397 g/mol. The van der Waals surface area contributed by atoms with Gasteiger partial charge in [0.2, 0.25) is 5.95 Å². The smallest absolute Gasteiger partial charge is 0.209 e. The first-order valence-corrected chi connectivity index (χ1v) is 9.38. The molecule has 4 nitrogen and oxygen atoms in total. The van der Waals surface area contributed by atoms with Crippen LogP contribution in [0.25, 0.3) is 11.0 Å². The molecule has 2 aliphatic rings. The summed E-state index contributed by atoms with van der Waals surface area (Å²) in [5.41, 5.74) is 4.13. The largest absolute Gasteiger partial charge is 0.329 e. The van der Waals surface area contributed by atoms with Crippen molar-refractivity contribution in [2.75, 3.05) is 5.32 Å². The highest BCUT2D eigenvalue weighted by atomic mass is 79.9. The Hall–Kier alpha value is -2.47. The van der Waals surface area contributed by atoms with E-state index in [1.165, 1.54) is 6.07 Å². The molecule has 5 rings (SSSR count). The second-order valence-corrected chi connectivity index (χ2v) is 7.43. The number of fused-ring (bicyclic) bond motifs is 3. The molecular formula is C20H15BrFN3O. The van der Waals surface area contributed by atoms with Crippen molar-refractivity contribution in [3.63, 3.8) is 0 Å². The van der Waals surface area contributed by atoms with Crippen LogP contribution in [0, 0.1) is 5.82 Å². The predicted molar refractivity (Wildman–Crippen MR) is 101 cm³/mol. The van der Waals surface area contributed by atoms with Gasteiger partial charge in [0.25, 0.3) is 0 Å². The lowest BCUT2D eigenvalue weighted by molar-refractivity contribution is -0.116. The molecule has 0 spiro atoms. The topological polar surface area (TPSA) is 46.9 Å². The van der Waals surface area contributed by atoms with Crippen molar-refractivity contribution in [1.82, 2.24) is 9.55 Å². The maximum Gasteiger partial charge on any atom is 0.209 e. The summed E-state index contributed by atoms with van der Waals surface area (Å²) < 4.78 is 16.7. The zero-order valence-electron chi connectivity index (χ0n) is 13.8. The van der Waals surface area contributed by atoms with Crippen LogP contribution >= 0.6 is 15.9 Å². The van der Waals surface area contributed by atoms with Crippen molar-refractivity contribution in [2.45, 2.75) is 25.3 Å². The first-order valence-electron chi connectivity index (χ1n) is 8.59. The van der Waals surface area contributed by atoms with Crippen LogP contribution in [0.3, 0.4) is 0 Å². The van der Waals surface area contributed by atoms with Gasteiger partial charge in [0.1, 0.15) is 5.82 Å². The van der Waals surface area contributed by atoms with Crippen LogP contribution in [0.5, 0.6) is 0 Å². The summed E-state index contributed by atoms with van der Waals surface area (Å²) in [6.07, 6.45) is 2.14. The van der Waals surface area contributed by atoms with Gasteiger partial charge in [0.05, 0.1) is 21.5 Å². The number of halogens is 2. The van der Waals surface area contributed by atoms with Crippen molar-refractivity contribution in [2.24, 2.45) is 0 Å². The zero-order chi connectivity index (χ0) is 17.8. The number of allylic oxidation sites excluding steroid dienone is 2. The Labute approximate surface area is 157 Å². The number of carbonyl (C=O) groups is 1. The zero-order valence-corrected chi connectivity index (χ0v) is 15.4. The molecule has 0 saturated carbocycles. The van der Waals surface area contributed by atoms with Gasteiger partial charge in [0.15, 0.2) is 5.78 Å². The molecule has 1 N–H and O–H groups in total. The van der Waals surface area contributed by atoms with Crippen LogP contribution in [0.1, 0.15) is 30.9 Å². The summed E-state index contributed by atoms with van der Waals surface area (Å²) >= 11 is 3.39. The van der Waals surface area contributed by atoms with E-state index in [-0.39, 0.29) is 11.6 Å². The fourth-order valence-electron chi connectivity index (χ4n) is 4.00. The molecule has 3 aromatic rings. The van der Waals surface area contributed by atoms with Crippen molar-refractivity contribution in [1.29, 1.82) is 0 Å². The summed E-state index contributed by atoms with van der Waals surface area (Å²) in [6.45, 7) is 0. The lowest BCUT2D eigenvalue weighted by atomic mass is 9.85. The number of imidazole rings is 1. The minimum absolute atomic E-state index is 0.114. The molecule has 1 aliphatic carbocycles. The molecule has 0 saturated heterocycles. The molecule has 1 aliphatic heterocycles. The highest BCUT2D eigenvalue weighted by Gasteiger charge is 2.37. The van der Waals surface area contributed by atoms with Gasteiger partial charge >= 0.3 is 0 Å². The average molecular weight is 412 g/mol. The molecule has 1 unspecified atom stereocenters. The maximum atomic E-state index is 14.3. The lowest BCUT2D eigenvalue weighted by Crippen LogP contribution is -2.31. The summed E-state index contributed by atoms with van der Waals surface area (Å²) in [5, 5.41) is 3.35. The van der Waals surface area contributed by atoms with Gasteiger partial charge in [-0.25, -0.2) is 9.37 Å². The summed E-state index contributed by atoms with van der Waals surface area (Å²) in [5.74, 6) is 0.474. The highest BCUT2D eigenvalue weighted by Crippen LogP contribution is 2.44. The molecule has 1 atom stereocenters. The number of para-hydroxylation sites is 2. The van der Waals surface area contributed by atoms with E-state index in [2.05, 4.69) is 21.2 Å². The first-order chi connectivity index (χ1) is 12.6. The number of Topliss-reactive ketones (excluding diaryl/α,β-unsaturated/α-hetero) is 1. The maximum absolute atomic E-state index is 14.3. The Morgan fingerprint density at radius 2 is 2.00 bits per heavy atom. The van der Waals surface area contributed by atoms with Crippen LogP contribution in [0.4, 0.5) is 10.3 Å². The predicted octanol–water partition coefficient (Wildman–Crippen LogP) is 4.96. The van der Waals surface area contributed by atoms with Crippen molar-refractivity contribution in [3.8, 4) is 0 Å². The highest BCUT2D eigenvalue weighted by molar-refractivity contribution is 9.10. The van der Waals surface area contributed by atoms with Crippen LogP contribution in [-0.4, -0.2) is 15.3 Å². The van der Waals surface area contributed by atoms with Crippen molar-refractivity contribution in [3.05, 3.63) is 69.6 Å². The van der Waals surface area contributed by atoms with E-state index in [9.17, 15) is 9.18 Å². The van der Waals surface area contributed by atoms with E-state index in [1.54, 1.807) is 6.07 Å². The normalized spacial score (nSPS) is 19.3. The number of aromatic nitrogens is 2. The third-order valence-electron chi connectivity index (χ3n) is 5.12. The van der Waals surface area contributed by atoms with Crippen molar-refractivity contribution >= 4 is 38.7 Å². The van der Waals surface area contributed by atoms with Crippen molar-refractivity contribution < 1.29 is 9.18 Å². The van der Waals surface area contributed by atoms with E-state index in [1.807, 2.05) is 34.9 Å². The number of nitrogens with zero attached hydrogens (tertiary/aromatic N) is 2. The van der Waals surface area contributed by atoms with Gasteiger partial charge in [-0.1, -0.05) is 24.3 Å². The first kappa shape index (κ1) is 15.8. The fourth-order valence-corrected chi connectivity index (χ4v) is 4.48. The van der Waals surface area contributed by atoms with E-state index < -0.39 is 6.04 Å². The minimum Gasteiger partial charge on any atom is -0.329 e. The van der Waals surface area contributed by atoms with Crippen LogP contribution < -0.4 is 5.32 Å². The Kier molecular flexibility index (Phi) is 3.50. The van der Waals surface area contributed by atoms with Gasteiger partial charge in [-0.3, -0.25) is 9.36 Å². The molecule has 0 bridgehead atoms. The van der Waals surface area contributed by atoms with Gasteiger partial charge in [-0.05, 0) is 52.5 Å². The van der Waals surface area contributed by atoms with E-state index in [0.29, 0.717) is 16.8 Å². The monoisotopic (exact) mass is 411 g/mol. The molecule has 2 heterocycles. The summed E-state index contributed by atoms with van der Waals surface area (Å²) in [4.78, 5) is 17.5.